The van der Waals surface area contributed by atoms with Crippen molar-refractivity contribution in [3.63, 3.8) is 0 Å². The van der Waals surface area contributed by atoms with Crippen LogP contribution in [0.5, 0.6) is 0 Å². The quantitative estimate of drug-likeness (QED) is 0.433. The summed E-state index contributed by atoms with van der Waals surface area (Å²) in [5.74, 6) is 0.0234. The lowest BCUT2D eigenvalue weighted by molar-refractivity contribution is -0.133. The summed E-state index contributed by atoms with van der Waals surface area (Å²) < 4.78 is 1.62. The molecule has 1 saturated heterocycles. The van der Waals surface area contributed by atoms with E-state index in [0.717, 1.165) is 30.2 Å². The Labute approximate surface area is 200 Å². The number of benzene rings is 2. The molecule has 6 nitrogen and oxygen atoms in total. The average Bonchev–Trinajstić information content (AvgIpc) is 3.30. The van der Waals surface area contributed by atoms with E-state index in [-0.39, 0.29) is 17.9 Å². The molecule has 0 atom stereocenters. The predicted molar refractivity (Wildman–Crippen MR) is 133 cm³/mol. The van der Waals surface area contributed by atoms with Gasteiger partial charge in [0.05, 0.1) is 11.7 Å². The van der Waals surface area contributed by atoms with Gasteiger partial charge in [-0.1, -0.05) is 35.9 Å². The van der Waals surface area contributed by atoms with E-state index in [1.807, 2.05) is 41.3 Å². The second kappa shape index (κ2) is 9.47. The molecule has 1 fully saturated rings. The molecular formula is C25H23ClN4O2S. The van der Waals surface area contributed by atoms with Crippen molar-refractivity contribution in [3.05, 3.63) is 87.0 Å². The second-order valence-corrected chi connectivity index (χ2v) is 9.72. The van der Waals surface area contributed by atoms with E-state index in [1.54, 1.807) is 22.1 Å². The highest BCUT2D eigenvalue weighted by atomic mass is 35.5. The first-order chi connectivity index (χ1) is 16.1. The topological polar surface area (TPSA) is 58.4 Å². The van der Waals surface area contributed by atoms with Crippen molar-refractivity contribution in [3.8, 4) is 10.4 Å². The maximum Gasteiger partial charge on any atom is 0.244 e. The lowest BCUT2D eigenvalue weighted by atomic mass is 10.2. The van der Waals surface area contributed by atoms with Crippen molar-refractivity contribution in [2.24, 2.45) is 0 Å². The highest BCUT2D eigenvalue weighted by Crippen LogP contribution is 2.30. The van der Waals surface area contributed by atoms with Crippen molar-refractivity contribution in [2.75, 3.05) is 26.2 Å². The maximum absolute atomic E-state index is 12.9. The molecule has 5 rings (SSSR count). The monoisotopic (exact) mass is 478 g/mol. The zero-order valence-electron chi connectivity index (χ0n) is 18.0. The number of thiophene rings is 1. The smallest absolute Gasteiger partial charge is 0.244 e. The van der Waals surface area contributed by atoms with Crippen LogP contribution in [0.25, 0.3) is 21.3 Å². The molecule has 2 aromatic heterocycles. The summed E-state index contributed by atoms with van der Waals surface area (Å²) in [5, 5.41) is 5.51. The van der Waals surface area contributed by atoms with Crippen LogP contribution in [-0.2, 0) is 17.9 Å². The van der Waals surface area contributed by atoms with Gasteiger partial charge in [-0.05, 0) is 42.0 Å². The Morgan fingerprint density at radius 2 is 1.82 bits per heavy atom. The normalized spacial score (nSPS) is 14.6. The Hall–Kier alpha value is -3.00. The molecule has 1 aliphatic heterocycles. The molecule has 168 valence electrons. The zero-order chi connectivity index (χ0) is 22.8. The molecule has 0 spiro atoms. The van der Waals surface area contributed by atoms with Gasteiger partial charge in [0.2, 0.25) is 11.3 Å². The van der Waals surface area contributed by atoms with Gasteiger partial charge in [-0.2, -0.15) is 5.10 Å². The number of nitrogens with zero attached hydrogens (tertiary/aromatic N) is 4. The number of carbonyl (C=O) groups excluding carboxylic acids is 1. The fraction of sp³-hybridized carbons (Fsp3) is 0.240. The molecule has 1 aliphatic rings. The zero-order valence-corrected chi connectivity index (χ0v) is 19.6. The van der Waals surface area contributed by atoms with Crippen LogP contribution in [0.4, 0.5) is 0 Å². The number of aromatic nitrogens is 2. The lowest BCUT2D eigenvalue weighted by Gasteiger charge is -2.34. The molecule has 4 aromatic rings. The maximum atomic E-state index is 12.9. The van der Waals surface area contributed by atoms with E-state index < -0.39 is 0 Å². The van der Waals surface area contributed by atoms with E-state index >= 15 is 0 Å². The van der Waals surface area contributed by atoms with Gasteiger partial charge >= 0.3 is 0 Å². The first kappa shape index (κ1) is 21.8. The second-order valence-electron chi connectivity index (χ2n) is 8.12. The summed E-state index contributed by atoms with van der Waals surface area (Å²) in [6, 6.07) is 19.5. The number of para-hydroxylation sites is 1. The Bertz CT molecular complexity index is 1360. The fourth-order valence-corrected chi connectivity index (χ4v) is 5.39. The molecular weight excluding hydrogens is 456 g/mol. The fourth-order valence-electron chi connectivity index (χ4n) is 4.15. The van der Waals surface area contributed by atoms with Crippen LogP contribution in [0, 0.1) is 0 Å². The van der Waals surface area contributed by atoms with Gasteiger partial charge in [0.25, 0.3) is 0 Å². The van der Waals surface area contributed by atoms with Gasteiger partial charge in [-0.25, -0.2) is 0 Å². The summed E-state index contributed by atoms with van der Waals surface area (Å²) in [4.78, 5) is 31.7. The van der Waals surface area contributed by atoms with Crippen molar-refractivity contribution in [2.45, 2.75) is 13.1 Å². The van der Waals surface area contributed by atoms with Crippen molar-refractivity contribution in [1.82, 2.24) is 19.6 Å². The van der Waals surface area contributed by atoms with E-state index in [9.17, 15) is 9.59 Å². The number of rotatable bonds is 5. The molecule has 3 heterocycles. The van der Waals surface area contributed by atoms with Crippen molar-refractivity contribution < 1.29 is 4.79 Å². The average molecular weight is 479 g/mol. The molecule has 1 amide bonds. The first-order valence-corrected chi connectivity index (χ1v) is 12.1. The van der Waals surface area contributed by atoms with Crippen LogP contribution in [0.3, 0.4) is 0 Å². The largest absolute Gasteiger partial charge is 0.339 e. The van der Waals surface area contributed by atoms with Gasteiger partial charge in [-0.3, -0.25) is 19.2 Å². The van der Waals surface area contributed by atoms with Crippen LogP contribution in [0.15, 0.2) is 71.7 Å². The molecule has 0 bridgehead atoms. The summed E-state index contributed by atoms with van der Waals surface area (Å²) in [7, 11) is 0. The molecule has 0 N–H and O–H groups in total. The van der Waals surface area contributed by atoms with Crippen LogP contribution < -0.4 is 5.43 Å². The van der Waals surface area contributed by atoms with Crippen LogP contribution in [0.2, 0.25) is 5.02 Å². The molecule has 33 heavy (non-hydrogen) atoms. The number of carbonyl (C=O) groups is 1. The van der Waals surface area contributed by atoms with Gasteiger partial charge in [0.1, 0.15) is 6.54 Å². The third-order valence-electron chi connectivity index (χ3n) is 5.92. The van der Waals surface area contributed by atoms with Crippen molar-refractivity contribution >= 4 is 39.7 Å². The highest BCUT2D eigenvalue weighted by molar-refractivity contribution is 7.15. The van der Waals surface area contributed by atoms with Crippen LogP contribution in [-0.4, -0.2) is 51.7 Å². The van der Waals surface area contributed by atoms with E-state index in [1.165, 1.54) is 16.0 Å². The number of amides is 1. The summed E-state index contributed by atoms with van der Waals surface area (Å²) in [6.45, 7) is 4.03. The van der Waals surface area contributed by atoms with E-state index in [4.69, 9.17) is 11.6 Å². The number of fused-ring (bicyclic) bond motifs is 1. The number of hydrogen-bond donors (Lipinski definition) is 0. The molecule has 8 heteroatoms. The Balaban J connectivity index is 1.18. The standard InChI is InChI=1S/C25H23ClN4O2S/c26-19-5-3-4-18(14-19)24-9-8-20(33-24)16-28-10-12-29(13-11-28)25(32)17-30-22-7-2-1-6-21(22)23(31)15-27-30/h1-9,14-15H,10-13,16-17H2. The van der Waals surface area contributed by atoms with Crippen LogP contribution in [0.1, 0.15) is 4.88 Å². The Morgan fingerprint density at radius 3 is 2.64 bits per heavy atom. The predicted octanol–water partition coefficient (Wildman–Crippen LogP) is 4.12. The van der Waals surface area contributed by atoms with Crippen molar-refractivity contribution in [1.29, 1.82) is 0 Å². The lowest BCUT2D eigenvalue weighted by Crippen LogP contribution is -2.49. The summed E-state index contributed by atoms with van der Waals surface area (Å²) in [6.07, 6.45) is 1.28. The minimum Gasteiger partial charge on any atom is -0.339 e. The van der Waals surface area contributed by atoms with Gasteiger partial charge < -0.3 is 4.90 Å². The molecule has 2 aromatic carbocycles. The Morgan fingerprint density at radius 1 is 1.00 bits per heavy atom. The minimum atomic E-state index is -0.130. The van der Waals surface area contributed by atoms with Gasteiger partial charge in [-0.15, -0.1) is 11.3 Å². The van der Waals surface area contributed by atoms with Gasteiger partial charge in [0.15, 0.2) is 0 Å². The van der Waals surface area contributed by atoms with E-state index in [0.29, 0.717) is 24.0 Å². The molecule has 0 aliphatic carbocycles. The van der Waals surface area contributed by atoms with E-state index in [2.05, 4.69) is 28.2 Å². The minimum absolute atomic E-state index is 0.0234. The SMILES string of the molecule is O=C(Cn1ncc(=O)c2ccccc21)N1CCN(Cc2ccc(-c3cccc(Cl)c3)s2)CC1. The summed E-state index contributed by atoms with van der Waals surface area (Å²) in [5.41, 5.74) is 1.69. The summed E-state index contributed by atoms with van der Waals surface area (Å²) >= 11 is 7.91. The number of hydrogen-bond acceptors (Lipinski definition) is 5. The highest BCUT2D eigenvalue weighted by Gasteiger charge is 2.22. The molecule has 0 unspecified atom stereocenters. The molecule has 0 radical (unpaired) electrons. The molecule has 0 saturated carbocycles. The third-order valence-corrected chi connectivity index (χ3v) is 7.28. The third kappa shape index (κ3) is 4.85. The number of halogens is 1. The number of piperazine rings is 1. The van der Waals surface area contributed by atoms with Gasteiger partial charge in [0, 0.05) is 52.9 Å². The Kier molecular flexibility index (Phi) is 6.26. The first-order valence-electron chi connectivity index (χ1n) is 10.9. The van der Waals surface area contributed by atoms with Crippen LogP contribution >= 0.6 is 22.9 Å².